The van der Waals surface area contributed by atoms with Crippen LogP contribution in [0.5, 0.6) is 0 Å². The number of carbonyl (C=O) groups is 1. The molecule has 6 heteroatoms. The first-order chi connectivity index (χ1) is 16.1. The van der Waals surface area contributed by atoms with Crippen LogP contribution in [-0.2, 0) is 4.79 Å². The van der Waals surface area contributed by atoms with Crippen LogP contribution in [0.4, 0.5) is 10.1 Å². The van der Waals surface area contributed by atoms with Gasteiger partial charge in [0.2, 0.25) is 5.91 Å². The molecule has 2 aliphatic carbocycles. The highest BCUT2D eigenvalue weighted by atomic mass is 19.1. The van der Waals surface area contributed by atoms with Crippen LogP contribution in [0.1, 0.15) is 42.9 Å². The number of halogens is 1. The van der Waals surface area contributed by atoms with E-state index in [9.17, 15) is 14.3 Å². The topological polar surface area (TPSA) is 75.1 Å². The zero-order chi connectivity index (χ0) is 22.9. The second kappa shape index (κ2) is 8.92. The molecule has 4 unspecified atom stereocenters. The third kappa shape index (κ3) is 4.21. The lowest BCUT2D eigenvalue weighted by Gasteiger charge is -2.23. The number of carbonyl (C=O) groups excluding carboxylic acids is 1. The summed E-state index contributed by atoms with van der Waals surface area (Å²) in [6.45, 7) is -0.177. The monoisotopic (exact) mass is 443 g/mol. The Balaban J connectivity index is 1.25. The lowest BCUT2D eigenvalue weighted by molar-refractivity contribution is -0.122. The van der Waals surface area contributed by atoms with Gasteiger partial charge in [-0.2, -0.15) is 0 Å². The zero-order valence-electron chi connectivity index (χ0n) is 18.2. The van der Waals surface area contributed by atoms with Gasteiger partial charge in [0.05, 0.1) is 29.9 Å². The molecule has 1 aromatic carbocycles. The maximum atomic E-state index is 13.9. The van der Waals surface area contributed by atoms with Crippen molar-refractivity contribution in [1.82, 2.24) is 9.97 Å². The van der Waals surface area contributed by atoms with Gasteiger partial charge in [-0.05, 0) is 91.3 Å². The minimum atomic E-state index is -0.447. The minimum absolute atomic E-state index is 0.149. The summed E-state index contributed by atoms with van der Waals surface area (Å²) in [4.78, 5) is 21.4. The average Bonchev–Trinajstić information content (AvgIpc) is 3.39. The number of anilines is 1. The Labute approximate surface area is 192 Å². The van der Waals surface area contributed by atoms with E-state index in [1.54, 1.807) is 24.3 Å². The number of aromatic nitrogens is 2. The standard InChI is InChI=1S/C27H26FN3O2/c1-2-21-4-5-22(14-30-21)31-27(33)25(15-32)19-11-16-9-18(10-17(16)12-19)23-7-8-29-26-6-3-20(28)13-24(23)26/h1,3-8,13-14,16-19,25,32H,9-12,15H2,(H,31,33)/t16-,17?,18?,19?,25?/m1/s1. The highest BCUT2D eigenvalue weighted by Gasteiger charge is 2.45. The van der Waals surface area contributed by atoms with E-state index in [1.807, 2.05) is 12.3 Å². The van der Waals surface area contributed by atoms with Gasteiger partial charge in [0.25, 0.3) is 0 Å². The third-order valence-electron chi connectivity index (χ3n) is 7.51. The predicted molar refractivity (Wildman–Crippen MR) is 125 cm³/mol. The SMILES string of the molecule is C#Cc1ccc(NC(=O)C(CO)C2CC3CC(c4ccnc5ccc(F)cc45)C[C@@H]3C2)cn1. The van der Waals surface area contributed by atoms with Gasteiger partial charge in [-0.15, -0.1) is 6.42 Å². The van der Waals surface area contributed by atoms with Crippen LogP contribution in [0.3, 0.4) is 0 Å². The van der Waals surface area contributed by atoms with Crippen LogP contribution in [0.15, 0.2) is 48.8 Å². The molecular formula is C27H26FN3O2. The molecule has 168 valence electrons. The Bertz CT molecular complexity index is 1210. The minimum Gasteiger partial charge on any atom is -0.396 e. The van der Waals surface area contributed by atoms with Crippen LogP contribution >= 0.6 is 0 Å². The molecule has 1 amide bonds. The van der Waals surface area contributed by atoms with Gasteiger partial charge in [0, 0.05) is 11.6 Å². The van der Waals surface area contributed by atoms with Gasteiger partial charge >= 0.3 is 0 Å². The molecule has 33 heavy (non-hydrogen) atoms. The smallest absolute Gasteiger partial charge is 0.230 e. The van der Waals surface area contributed by atoms with Gasteiger partial charge < -0.3 is 10.4 Å². The fraction of sp³-hybridized carbons (Fsp3) is 0.370. The maximum Gasteiger partial charge on any atom is 0.230 e. The van der Waals surface area contributed by atoms with E-state index in [1.165, 1.54) is 17.8 Å². The lowest BCUT2D eigenvalue weighted by atomic mass is 9.85. The van der Waals surface area contributed by atoms with Crippen molar-refractivity contribution in [2.75, 3.05) is 11.9 Å². The summed E-state index contributed by atoms with van der Waals surface area (Å²) in [6, 6.07) is 10.2. The van der Waals surface area contributed by atoms with Crippen molar-refractivity contribution in [3.63, 3.8) is 0 Å². The van der Waals surface area contributed by atoms with Gasteiger partial charge in [-0.25, -0.2) is 9.37 Å². The molecule has 2 aliphatic rings. The Morgan fingerprint density at radius 3 is 2.61 bits per heavy atom. The number of pyridine rings is 2. The molecule has 2 fully saturated rings. The van der Waals surface area contributed by atoms with Gasteiger partial charge in [0.1, 0.15) is 11.5 Å². The molecule has 0 radical (unpaired) electrons. The van der Waals surface area contributed by atoms with Crippen LogP contribution in [0.2, 0.25) is 0 Å². The number of aliphatic hydroxyl groups excluding tert-OH is 1. The number of fused-ring (bicyclic) bond motifs is 2. The number of hydrogen-bond acceptors (Lipinski definition) is 4. The maximum absolute atomic E-state index is 13.9. The van der Waals surface area contributed by atoms with E-state index in [0.717, 1.165) is 36.6 Å². The average molecular weight is 444 g/mol. The Morgan fingerprint density at radius 2 is 1.94 bits per heavy atom. The molecule has 2 aromatic heterocycles. The molecule has 0 bridgehead atoms. The largest absolute Gasteiger partial charge is 0.396 e. The Kier molecular flexibility index (Phi) is 5.82. The molecule has 5 rings (SSSR count). The molecule has 0 saturated heterocycles. The lowest BCUT2D eigenvalue weighted by Crippen LogP contribution is -2.31. The van der Waals surface area contributed by atoms with Crippen LogP contribution in [0.25, 0.3) is 10.9 Å². The fourth-order valence-electron chi connectivity index (χ4n) is 5.98. The number of benzene rings is 1. The van der Waals surface area contributed by atoms with Crippen molar-refractivity contribution >= 4 is 22.5 Å². The summed E-state index contributed by atoms with van der Waals surface area (Å²) in [5.41, 5.74) is 3.08. The molecule has 0 spiro atoms. The van der Waals surface area contributed by atoms with E-state index >= 15 is 0 Å². The van der Waals surface area contributed by atoms with Crippen molar-refractivity contribution in [1.29, 1.82) is 0 Å². The van der Waals surface area contributed by atoms with E-state index < -0.39 is 5.92 Å². The van der Waals surface area contributed by atoms with E-state index in [0.29, 0.717) is 29.1 Å². The van der Waals surface area contributed by atoms with E-state index in [-0.39, 0.29) is 24.2 Å². The van der Waals surface area contributed by atoms with E-state index in [4.69, 9.17) is 6.42 Å². The molecule has 0 aliphatic heterocycles. The van der Waals surface area contributed by atoms with Gasteiger partial charge in [0.15, 0.2) is 0 Å². The summed E-state index contributed by atoms with van der Waals surface area (Å²) >= 11 is 0. The Hall–Kier alpha value is -3.30. The Morgan fingerprint density at radius 1 is 1.15 bits per heavy atom. The first-order valence-electron chi connectivity index (χ1n) is 11.4. The molecule has 2 N–H and O–H groups in total. The molecule has 2 saturated carbocycles. The highest BCUT2D eigenvalue weighted by molar-refractivity contribution is 5.92. The van der Waals surface area contributed by atoms with Crippen molar-refractivity contribution in [3.05, 3.63) is 65.9 Å². The van der Waals surface area contributed by atoms with Crippen LogP contribution in [0, 0.1) is 41.8 Å². The predicted octanol–water partition coefficient (Wildman–Crippen LogP) is 4.52. The van der Waals surface area contributed by atoms with Crippen molar-refractivity contribution in [3.8, 4) is 12.3 Å². The normalized spacial score (nSPS) is 24.9. The van der Waals surface area contributed by atoms with Crippen LogP contribution in [-0.4, -0.2) is 27.6 Å². The van der Waals surface area contributed by atoms with E-state index in [2.05, 4.69) is 21.2 Å². The second-order valence-corrected chi connectivity index (χ2v) is 9.34. The molecule has 3 aromatic rings. The quantitative estimate of drug-likeness (QED) is 0.569. The number of nitrogens with one attached hydrogen (secondary N) is 1. The number of hydrogen-bond donors (Lipinski definition) is 2. The summed E-state index contributed by atoms with van der Waals surface area (Å²) in [7, 11) is 0. The summed E-state index contributed by atoms with van der Waals surface area (Å²) in [5, 5.41) is 13.8. The zero-order valence-corrected chi connectivity index (χ0v) is 18.2. The van der Waals surface area contributed by atoms with Crippen molar-refractivity contribution in [2.45, 2.75) is 31.6 Å². The van der Waals surface area contributed by atoms with Crippen molar-refractivity contribution < 1.29 is 14.3 Å². The summed E-state index contributed by atoms with van der Waals surface area (Å²) in [6.07, 6.45) is 12.6. The summed E-state index contributed by atoms with van der Waals surface area (Å²) in [5.74, 6) is 3.13. The molecule has 2 heterocycles. The number of nitrogens with zero attached hydrogens (tertiary/aromatic N) is 2. The highest BCUT2D eigenvalue weighted by Crippen LogP contribution is 2.54. The summed E-state index contributed by atoms with van der Waals surface area (Å²) < 4.78 is 13.9. The fourth-order valence-corrected chi connectivity index (χ4v) is 5.98. The number of aliphatic hydroxyl groups is 1. The third-order valence-corrected chi connectivity index (χ3v) is 7.51. The van der Waals surface area contributed by atoms with Crippen molar-refractivity contribution in [2.24, 2.45) is 23.7 Å². The second-order valence-electron chi connectivity index (χ2n) is 9.34. The first-order valence-corrected chi connectivity index (χ1v) is 11.4. The first kappa shape index (κ1) is 21.5. The molecule has 5 atom stereocenters. The van der Waals surface area contributed by atoms with Gasteiger partial charge in [-0.1, -0.05) is 5.92 Å². The molecular weight excluding hydrogens is 417 g/mol. The number of terminal acetylenes is 1. The van der Waals surface area contributed by atoms with Gasteiger partial charge in [-0.3, -0.25) is 9.78 Å². The number of rotatable bonds is 5. The molecule has 5 nitrogen and oxygen atoms in total. The number of amides is 1. The van der Waals surface area contributed by atoms with Crippen LogP contribution < -0.4 is 5.32 Å².